The molecule has 0 aromatic heterocycles. The molecule has 0 aliphatic rings. The summed E-state index contributed by atoms with van der Waals surface area (Å²) in [6, 6.07) is 7.09. The summed E-state index contributed by atoms with van der Waals surface area (Å²) in [5.74, 6) is 0.149. The van der Waals surface area contributed by atoms with Crippen LogP contribution in [0.3, 0.4) is 0 Å². The smallest absolute Gasteiger partial charge is 0.242 e. The quantitative estimate of drug-likeness (QED) is 0.782. The Bertz CT molecular complexity index is 540. The molecule has 0 spiro atoms. The van der Waals surface area contributed by atoms with E-state index in [1.807, 2.05) is 26.0 Å². The van der Waals surface area contributed by atoms with Crippen LogP contribution in [0, 0.1) is 0 Å². The van der Waals surface area contributed by atoms with E-state index in [-0.39, 0.29) is 12.5 Å². The highest BCUT2D eigenvalue weighted by atomic mass is 35.5. The number of nitrogens with zero attached hydrogens (tertiary/aromatic N) is 1. The molecule has 0 heterocycles. The van der Waals surface area contributed by atoms with Crippen molar-refractivity contribution in [2.75, 3.05) is 17.1 Å². The summed E-state index contributed by atoms with van der Waals surface area (Å²) < 4.78 is 24.6. The zero-order valence-corrected chi connectivity index (χ0v) is 12.1. The number of carbonyl (C=O) groups is 1. The Morgan fingerprint density at radius 1 is 1.33 bits per heavy atom. The maximum atomic E-state index is 11.8. The van der Waals surface area contributed by atoms with E-state index in [0.29, 0.717) is 5.69 Å². The molecular formula is C12H16ClNO3S. The number of anilines is 1. The van der Waals surface area contributed by atoms with Crippen LogP contribution in [-0.4, -0.2) is 26.5 Å². The normalized spacial score (nSPS) is 11.6. The van der Waals surface area contributed by atoms with E-state index in [4.69, 9.17) is 11.6 Å². The molecule has 0 N–H and O–H groups in total. The molecular weight excluding hydrogens is 274 g/mol. The van der Waals surface area contributed by atoms with E-state index < -0.39 is 15.3 Å². The monoisotopic (exact) mass is 289 g/mol. The zero-order valence-electron chi connectivity index (χ0n) is 10.6. The Hall–Kier alpha value is -1.07. The Kier molecular flexibility index (Phi) is 4.76. The van der Waals surface area contributed by atoms with Crippen LogP contribution >= 0.6 is 11.6 Å². The molecule has 1 aromatic carbocycles. The molecule has 18 heavy (non-hydrogen) atoms. The third kappa shape index (κ3) is 3.71. The maximum absolute atomic E-state index is 11.8. The molecule has 0 radical (unpaired) electrons. The highest BCUT2D eigenvalue weighted by Gasteiger charge is 2.22. The topological polar surface area (TPSA) is 54.5 Å². The molecule has 100 valence electrons. The van der Waals surface area contributed by atoms with Gasteiger partial charge in [0.25, 0.3) is 0 Å². The van der Waals surface area contributed by atoms with Crippen LogP contribution in [0.5, 0.6) is 0 Å². The first-order chi connectivity index (χ1) is 8.23. The van der Waals surface area contributed by atoms with Crippen molar-refractivity contribution in [3.8, 4) is 0 Å². The van der Waals surface area contributed by atoms with Crippen molar-refractivity contribution in [2.24, 2.45) is 0 Å². The van der Waals surface area contributed by atoms with Gasteiger partial charge < -0.3 is 0 Å². The SMILES string of the molecule is CC(C)c1ccccc1N(CC(=O)Cl)S(C)(=O)=O. The van der Waals surface area contributed by atoms with E-state index in [9.17, 15) is 13.2 Å². The predicted octanol–water partition coefficient (Wildman–Crippen LogP) is 2.34. The standard InChI is InChI=1S/C12H16ClNO3S/c1-9(2)10-6-4-5-7-11(10)14(8-12(13)15)18(3,16)17/h4-7,9H,8H2,1-3H3. The van der Waals surface area contributed by atoms with Gasteiger partial charge in [0, 0.05) is 0 Å². The minimum atomic E-state index is -3.54. The van der Waals surface area contributed by atoms with E-state index in [0.717, 1.165) is 16.1 Å². The third-order valence-electron chi connectivity index (χ3n) is 2.50. The zero-order chi connectivity index (χ0) is 13.9. The molecule has 0 aliphatic heterocycles. The molecule has 6 heteroatoms. The van der Waals surface area contributed by atoms with Crippen LogP contribution in [0.1, 0.15) is 25.3 Å². The van der Waals surface area contributed by atoms with Gasteiger partial charge in [-0.15, -0.1) is 0 Å². The fourth-order valence-electron chi connectivity index (χ4n) is 1.70. The summed E-state index contributed by atoms with van der Waals surface area (Å²) in [7, 11) is -3.54. The van der Waals surface area contributed by atoms with E-state index in [1.165, 1.54) is 0 Å². The first kappa shape index (κ1) is 15.0. The van der Waals surface area contributed by atoms with Crippen molar-refractivity contribution >= 4 is 32.6 Å². The lowest BCUT2D eigenvalue weighted by atomic mass is 10.0. The number of halogens is 1. The van der Waals surface area contributed by atoms with Crippen molar-refractivity contribution in [2.45, 2.75) is 19.8 Å². The summed E-state index contributed by atoms with van der Waals surface area (Å²) in [6.07, 6.45) is 1.06. The van der Waals surface area contributed by atoms with Crippen LogP contribution in [0.2, 0.25) is 0 Å². The van der Waals surface area contributed by atoms with Crippen LogP contribution in [0.25, 0.3) is 0 Å². The first-order valence-electron chi connectivity index (χ1n) is 5.48. The van der Waals surface area contributed by atoms with Crippen molar-refractivity contribution in [1.82, 2.24) is 0 Å². The summed E-state index contributed by atoms with van der Waals surface area (Å²) in [5.41, 5.74) is 1.37. The van der Waals surface area contributed by atoms with Gasteiger partial charge >= 0.3 is 0 Å². The number of hydrogen-bond acceptors (Lipinski definition) is 3. The van der Waals surface area contributed by atoms with E-state index >= 15 is 0 Å². The molecule has 0 saturated carbocycles. The molecule has 0 unspecified atom stereocenters. The molecule has 0 bridgehead atoms. The van der Waals surface area contributed by atoms with Gasteiger partial charge in [0.2, 0.25) is 15.3 Å². The number of rotatable bonds is 5. The molecule has 0 saturated heterocycles. The molecule has 1 rings (SSSR count). The second-order valence-electron chi connectivity index (χ2n) is 4.34. The lowest BCUT2D eigenvalue weighted by Gasteiger charge is -2.24. The number of para-hydroxylation sites is 1. The van der Waals surface area contributed by atoms with Gasteiger partial charge in [-0.25, -0.2) is 8.42 Å². The van der Waals surface area contributed by atoms with E-state index in [1.54, 1.807) is 12.1 Å². The first-order valence-corrected chi connectivity index (χ1v) is 7.71. The fourth-order valence-corrected chi connectivity index (χ4v) is 2.76. The van der Waals surface area contributed by atoms with Crippen LogP contribution in [-0.2, 0) is 14.8 Å². The minimum Gasteiger partial charge on any atom is -0.279 e. The van der Waals surface area contributed by atoms with Gasteiger partial charge in [-0.2, -0.15) is 0 Å². The fraction of sp³-hybridized carbons (Fsp3) is 0.417. The van der Waals surface area contributed by atoms with Crippen LogP contribution < -0.4 is 4.31 Å². The highest BCUT2D eigenvalue weighted by molar-refractivity contribution is 7.92. The molecule has 0 amide bonds. The average Bonchev–Trinajstić information content (AvgIpc) is 2.24. The Morgan fingerprint density at radius 3 is 2.33 bits per heavy atom. The van der Waals surface area contributed by atoms with E-state index in [2.05, 4.69) is 0 Å². The second kappa shape index (κ2) is 5.71. The average molecular weight is 290 g/mol. The number of carbonyl (C=O) groups excluding carboxylic acids is 1. The number of sulfonamides is 1. The maximum Gasteiger partial charge on any atom is 0.242 e. The second-order valence-corrected chi connectivity index (χ2v) is 6.67. The number of hydrogen-bond donors (Lipinski definition) is 0. The van der Waals surface area contributed by atoms with Crippen molar-refractivity contribution in [3.63, 3.8) is 0 Å². The predicted molar refractivity (Wildman–Crippen MR) is 73.6 cm³/mol. The van der Waals surface area contributed by atoms with Gasteiger partial charge in [-0.1, -0.05) is 32.0 Å². The Labute approximate surface area is 113 Å². The molecule has 0 aliphatic carbocycles. The molecule has 0 fully saturated rings. The lowest BCUT2D eigenvalue weighted by Crippen LogP contribution is -2.34. The molecule has 4 nitrogen and oxygen atoms in total. The van der Waals surface area contributed by atoms with Crippen molar-refractivity contribution < 1.29 is 13.2 Å². The number of benzene rings is 1. The van der Waals surface area contributed by atoms with Gasteiger partial charge in [0.05, 0.1) is 11.9 Å². The summed E-state index contributed by atoms with van der Waals surface area (Å²) in [6.45, 7) is 3.56. The van der Waals surface area contributed by atoms with Gasteiger partial charge in [-0.05, 0) is 29.1 Å². The van der Waals surface area contributed by atoms with Crippen LogP contribution in [0.15, 0.2) is 24.3 Å². The largest absolute Gasteiger partial charge is 0.279 e. The minimum absolute atomic E-state index is 0.149. The molecule has 0 atom stereocenters. The lowest BCUT2D eigenvalue weighted by molar-refractivity contribution is -0.110. The van der Waals surface area contributed by atoms with Crippen molar-refractivity contribution in [1.29, 1.82) is 0 Å². The highest BCUT2D eigenvalue weighted by Crippen LogP contribution is 2.28. The van der Waals surface area contributed by atoms with Gasteiger partial charge in [0.15, 0.2) is 0 Å². The van der Waals surface area contributed by atoms with Crippen molar-refractivity contribution in [3.05, 3.63) is 29.8 Å². The summed E-state index contributed by atoms with van der Waals surface area (Å²) in [4.78, 5) is 11.0. The summed E-state index contributed by atoms with van der Waals surface area (Å²) >= 11 is 5.32. The summed E-state index contributed by atoms with van der Waals surface area (Å²) in [5, 5.41) is -0.709. The molecule has 1 aromatic rings. The Balaban J connectivity index is 3.34. The third-order valence-corrected chi connectivity index (χ3v) is 3.74. The van der Waals surface area contributed by atoms with Gasteiger partial charge in [0.1, 0.15) is 6.54 Å². The van der Waals surface area contributed by atoms with Crippen LogP contribution in [0.4, 0.5) is 5.69 Å². The Morgan fingerprint density at radius 2 is 1.89 bits per heavy atom. The van der Waals surface area contributed by atoms with Gasteiger partial charge in [-0.3, -0.25) is 9.10 Å².